The van der Waals surface area contributed by atoms with Gasteiger partial charge in [0.2, 0.25) is 0 Å². The molecule has 0 spiro atoms. The average molecular weight is 336 g/mol. The van der Waals surface area contributed by atoms with E-state index < -0.39 is 0 Å². The van der Waals surface area contributed by atoms with Gasteiger partial charge in [0.15, 0.2) is 5.82 Å². The lowest BCUT2D eigenvalue weighted by Crippen LogP contribution is -2.03. The maximum atomic E-state index is 13.4. The average Bonchev–Trinajstić information content (AvgIpc) is 3.27. The van der Waals surface area contributed by atoms with Crippen LogP contribution in [0.4, 0.5) is 10.2 Å². The maximum Gasteiger partial charge on any atom is 0.161 e. The summed E-state index contributed by atoms with van der Waals surface area (Å²) in [5.41, 5.74) is 2.49. The highest BCUT2D eigenvalue weighted by molar-refractivity contribution is 9.10. The van der Waals surface area contributed by atoms with Gasteiger partial charge in [-0.25, -0.2) is 14.4 Å². The molecule has 1 aromatic carbocycles. The molecule has 0 saturated heterocycles. The van der Waals surface area contributed by atoms with Crippen LogP contribution in [0.2, 0.25) is 0 Å². The van der Waals surface area contributed by atoms with E-state index >= 15 is 0 Å². The second kappa shape index (κ2) is 5.13. The van der Waals surface area contributed by atoms with E-state index in [4.69, 9.17) is 0 Å². The molecule has 1 fully saturated rings. The van der Waals surface area contributed by atoms with E-state index in [-0.39, 0.29) is 5.82 Å². The van der Waals surface area contributed by atoms with Crippen molar-refractivity contribution in [3.63, 3.8) is 0 Å². The summed E-state index contributed by atoms with van der Waals surface area (Å²) >= 11 is 3.57. The van der Waals surface area contributed by atoms with Gasteiger partial charge in [-0.1, -0.05) is 0 Å². The standard InChI is InChI=1S/C15H15BrFN3/c1-8-7-10(5-6-11(8)17)14-19-13(9-3-4-9)12(16)15(18-2)20-14/h5-7,9H,3-4H2,1-2H3,(H,18,19,20). The Labute approximate surface area is 125 Å². The Morgan fingerprint density at radius 2 is 2.05 bits per heavy atom. The highest BCUT2D eigenvalue weighted by Crippen LogP contribution is 2.44. The molecule has 0 atom stereocenters. The monoisotopic (exact) mass is 335 g/mol. The summed E-state index contributed by atoms with van der Waals surface area (Å²) in [7, 11) is 1.84. The van der Waals surface area contributed by atoms with E-state index in [0.29, 0.717) is 17.3 Å². The van der Waals surface area contributed by atoms with Crippen LogP contribution in [0.15, 0.2) is 22.7 Å². The summed E-state index contributed by atoms with van der Waals surface area (Å²) in [6, 6.07) is 4.97. The summed E-state index contributed by atoms with van der Waals surface area (Å²) in [5.74, 6) is 1.73. The minimum Gasteiger partial charge on any atom is -0.372 e. The molecule has 20 heavy (non-hydrogen) atoms. The van der Waals surface area contributed by atoms with E-state index in [1.165, 1.54) is 18.9 Å². The number of aryl methyl sites for hydroxylation is 1. The number of hydrogen-bond acceptors (Lipinski definition) is 3. The Kier molecular flexibility index (Phi) is 3.46. The Balaban J connectivity index is 2.12. The van der Waals surface area contributed by atoms with Crippen LogP contribution in [-0.2, 0) is 0 Å². The molecule has 3 nitrogen and oxygen atoms in total. The molecular weight excluding hydrogens is 321 g/mol. The fraction of sp³-hybridized carbons (Fsp3) is 0.333. The van der Waals surface area contributed by atoms with Crippen molar-refractivity contribution in [1.29, 1.82) is 0 Å². The zero-order chi connectivity index (χ0) is 14.3. The molecule has 5 heteroatoms. The van der Waals surface area contributed by atoms with Crippen LogP contribution in [0.25, 0.3) is 11.4 Å². The van der Waals surface area contributed by atoms with Gasteiger partial charge in [-0.15, -0.1) is 0 Å². The molecule has 104 valence electrons. The van der Waals surface area contributed by atoms with Gasteiger partial charge in [0.1, 0.15) is 11.6 Å². The van der Waals surface area contributed by atoms with Gasteiger partial charge >= 0.3 is 0 Å². The molecule has 1 heterocycles. The SMILES string of the molecule is CNc1nc(-c2ccc(F)c(C)c2)nc(C2CC2)c1Br. The quantitative estimate of drug-likeness (QED) is 0.909. The van der Waals surface area contributed by atoms with E-state index in [2.05, 4.69) is 31.2 Å². The number of anilines is 1. The molecule has 0 amide bonds. The predicted molar refractivity (Wildman–Crippen MR) is 81.4 cm³/mol. The van der Waals surface area contributed by atoms with E-state index in [1.54, 1.807) is 19.1 Å². The van der Waals surface area contributed by atoms with Crippen LogP contribution >= 0.6 is 15.9 Å². The summed E-state index contributed by atoms with van der Waals surface area (Å²) in [4.78, 5) is 9.17. The lowest BCUT2D eigenvalue weighted by Gasteiger charge is -2.11. The largest absolute Gasteiger partial charge is 0.372 e. The van der Waals surface area contributed by atoms with Crippen molar-refractivity contribution in [2.45, 2.75) is 25.7 Å². The van der Waals surface area contributed by atoms with Crippen molar-refractivity contribution in [1.82, 2.24) is 9.97 Å². The summed E-state index contributed by atoms with van der Waals surface area (Å²) in [6.07, 6.45) is 2.33. The number of halogens is 2. The molecule has 1 aliphatic carbocycles. The van der Waals surface area contributed by atoms with Crippen molar-refractivity contribution in [2.75, 3.05) is 12.4 Å². The molecule has 0 bridgehead atoms. The summed E-state index contributed by atoms with van der Waals surface area (Å²) in [6.45, 7) is 1.75. The first kappa shape index (κ1) is 13.5. The second-order valence-electron chi connectivity index (χ2n) is 5.08. The molecule has 1 N–H and O–H groups in total. The van der Waals surface area contributed by atoms with Crippen molar-refractivity contribution in [3.05, 3.63) is 39.7 Å². The third-order valence-corrected chi connectivity index (χ3v) is 4.28. The topological polar surface area (TPSA) is 37.8 Å². The first-order chi connectivity index (χ1) is 9.60. The first-order valence-electron chi connectivity index (χ1n) is 6.62. The van der Waals surface area contributed by atoms with Gasteiger partial charge in [-0.2, -0.15) is 0 Å². The number of aromatic nitrogens is 2. The van der Waals surface area contributed by atoms with Crippen LogP contribution < -0.4 is 5.32 Å². The Morgan fingerprint density at radius 3 is 2.65 bits per heavy atom. The van der Waals surface area contributed by atoms with E-state index in [9.17, 15) is 4.39 Å². The van der Waals surface area contributed by atoms with Crippen molar-refractivity contribution >= 4 is 21.7 Å². The van der Waals surface area contributed by atoms with Crippen LogP contribution in [0, 0.1) is 12.7 Å². The molecule has 0 unspecified atom stereocenters. The van der Waals surface area contributed by atoms with Crippen LogP contribution in [-0.4, -0.2) is 17.0 Å². The Morgan fingerprint density at radius 1 is 1.30 bits per heavy atom. The number of benzene rings is 1. The fourth-order valence-corrected chi connectivity index (χ4v) is 2.87. The van der Waals surface area contributed by atoms with E-state index in [1.807, 2.05) is 7.05 Å². The molecule has 1 aromatic heterocycles. The zero-order valence-corrected chi connectivity index (χ0v) is 13.0. The van der Waals surface area contributed by atoms with Crippen molar-refractivity contribution < 1.29 is 4.39 Å². The third kappa shape index (κ3) is 2.42. The molecule has 3 rings (SSSR count). The molecular formula is C15H15BrFN3. The number of nitrogens with zero attached hydrogens (tertiary/aromatic N) is 2. The zero-order valence-electron chi connectivity index (χ0n) is 11.4. The fourth-order valence-electron chi connectivity index (χ4n) is 2.17. The lowest BCUT2D eigenvalue weighted by molar-refractivity contribution is 0.618. The molecule has 2 aromatic rings. The molecule has 0 aliphatic heterocycles. The van der Waals surface area contributed by atoms with Gasteiger partial charge in [0.25, 0.3) is 0 Å². The molecule has 1 aliphatic rings. The van der Waals surface area contributed by atoms with Crippen LogP contribution in [0.3, 0.4) is 0 Å². The first-order valence-corrected chi connectivity index (χ1v) is 7.41. The van der Waals surface area contributed by atoms with Gasteiger partial charge in [0, 0.05) is 18.5 Å². The highest BCUT2D eigenvalue weighted by atomic mass is 79.9. The van der Waals surface area contributed by atoms with Gasteiger partial charge in [-0.3, -0.25) is 0 Å². The second-order valence-corrected chi connectivity index (χ2v) is 5.88. The lowest BCUT2D eigenvalue weighted by atomic mass is 10.1. The Hall–Kier alpha value is -1.49. The van der Waals surface area contributed by atoms with Gasteiger partial charge in [-0.05, 0) is 59.5 Å². The minimum absolute atomic E-state index is 0.206. The highest BCUT2D eigenvalue weighted by Gasteiger charge is 2.29. The minimum atomic E-state index is -0.206. The number of nitrogens with one attached hydrogen (secondary N) is 1. The maximum absolute atomic E-state index is 13.4. The smallest absolute Gasteiger partial charge is 0.161 e. The van der Waals surface area contributed by atoms with E-state index in [0.717, 1.165) is 21.5 Å². The van der Waals surface area contributed by atoms with Crippen molar-refractivity contribution in [3.8, 4) is 11.4 Å². The number of rotatable bonds is 3. The number of hydrogen-bond donors (Lipinski definition) is 1. The van der Waals surface area contributed by atoms with Crippen LogP contribution in [0.5, 0.6) is 0 Å². The summed E-state index contributed by atoms with van der Waals surface area (Å²) in [5, 5.41) is 3.08. The Bertz CT molecular complexity index is 668. The van der Waals surface area contributed by atoms with Crippen molar-refractivity contribution in [2.24, 2.45) is 0 Å². The molecule has 1 saturated carbocycles. The van der Waals surface area contributed by atoms with Gasteiger partial charge in [0.05, 0.1) is 10.2 Å². The summed E-state index contributed by atoms with van der Waals surface area (Å²) < 4.78 is 14.3. The third-order valence-electron chi connectivity index (χ3n) is 3.49. The predicted octanol–water partition coefficient (Wildman–Crippen LogP) is 4.27. The normalized spacial score (nSPS) is 14.4. The van der Waals surface area contributed by atoms with Gasteiger partial charge < -0.3 is 5.32 Å². The van der Waals surface area contributed by atoms with Crippen LogP contribution in [0.1, 0.15) is 30.0 Å². The molecule has 0 radical (unpaired) electrons.